The van der Waals surface area contributed by atoms with Gasteiger partial charge in [-0.1, -0.05) is 0 Å². The molecule has 1 atom stereocenters. The number of anilines is 2. The fourth-order valence-electron chi connectivity index (χ4n) is 1.27. The molecule has 0 aromatic heterocycles. The molecule has 0 spiro atoms. The van der Waals surface area contributed by atoms with Gasteiger partial charge in [0.05, 0.1) is 6.61 Å². The smallest absolute Gasteiger partial charge is 0.127 e. The monoisotopic (exact) mass is 198 g/mol. The molecule has 78 valence electrons. The Balaban J connectivity index is 2.66. The van der Waals surface area contributed by atoms with Gasteiger partial charge in [-0.2, -0.15) is 0 Å². The molecule has 0 saturated carbocycles. The summed E-state index contributed by atoms with van der Waals surface area (Å²) in [6.07, 6.45) is 0. The highest BCUT2D eigenvalue weighted by Gasteiger charge is 2.03. The first kappa shape index (κ1) is 10.8. The van der Waals surface area contributed by atoms with E-state index in [1.165, 1.54) is 12.1 Å². The van der Waals surface area contributed by atoms with Crippen molar-refractivity contribution in [2.24, 2.45) is 0 Å². The number of nitrogens with one attached hydrogen (secondary N) is 1. The van der Waals surface area contributed by atoms with E-state index in [-0.39, 0.29) is 11.9 Å². The normalized spacial score (nSPS) is 12.5. The predicted octanol–water partition coefficient (Wildman–Crippen LogP) is 1.85. The van der Waals surface area contributed by atoms with Crippen LogP contribution in [-0.4, -0.2) is 19.8 Å². The molecule has 3 nitrogen and oxygen atoms in total. The number of rotatable bonds is 4. The number of ether oxygens (including phenoxy) is 1. The van der Waals surface area contributed by atoms with Crippen LogP contribution in [0.4, 0.5) is 15.8 Å². The molecule has 1 aromatic rings. The first-order valence-corrected chi connectivity index (χ1v) is 4.43. The summed E-state index contributed by atoms with van der Waals surface area (Å²) < 4.78 is 17.9. The minimum Gasteiger partial charge on any atom is -0.399 e. The van der Waals surface area contributed by atoms with Crippen LogP contribution in [0.25, 0.3) is 0 Å². The van der Waals surface area contributed by atoms with Gasteiger partial charge in [-0.15, -0.1) is 0 Å². The molecule has 0 saturated heterocycles. The molecule has 0 fully saturated rings. The highest BCUT2D eigenvalue weighted by molar-refractivity contribution is 5.55. The topological polar surface area (TPSA) is 47.3 Å². The molecule has 0 heterocycles. The molecule has 0 aliphatic heterocycles. The molecule has 1 unspecified atom stereocenters. The zero-order valence-corrected chi connectivity index (χ0v) is 8.38. The van der Waals surface area contributed by atoms with E-state index in [0.717, 1.165) is 0 Å². The third kappa shape index (κ3) is 3.22. The van der Waals surface area contributed by atoms with Gasteiger partial charge in [0.2, 0.25) is 0 Å². The quantitative estimate of drug-likeness (QED) is 0.726. The zero-order valence-electron chi connectivity index (χ0n) is 8.38. The van der Waals surface area contributed by atoms with Crippen molar-refractivity contribution in [3.8, 4) is 0 Å². The largest absolute Gasteiger partial charge is 0.399 e. The highest BCUT2D eigenvalue weighted by Crippen LogP contribution is 2.16. The second-order valence-corrected chi connectivity index (χ2v) is 3.27. The summed E-state index contributed by atoms with van der Waals surface area (Å²) in [6.45, 7) is 2.51. The van der Waals surface area contributed by atoms with Crippen LogP contribution in [0.3, 0.4) is 0 Å². The Bertz CT molecular complexity index is 284. The molecule has 0 bridgehead atoms. The summed E-state index contributed by atoms with van der Waals surface area (Å²) in [5, 5.41) is 3.08. The molecule has 3 N–H and O–H groups in total. The number of methoxy groups -OCH3 is 1. The van der Waals surface area contributed by atoms with Crippen LogP contribution in [0.2, 0.25) is 0 Å². The maximum absolute atomic E-state index is 12.9. The first-order valence-electron chi connectivity index (χ1n) is 4.43. The summed E-state index contributed by atoms with van der Waals surface area (Å²) in [4.78, 5) is 0. The summed E-state index contributed by atoms with van der Waals surface area (Å²) in [5.74, 6) is -0.336. The van der Waals surface area contributed by atoms with Crippen LogP contribution < -0.4 is 11.1 Å². The number of nitrogen functional groups attached to an aromatic ring is 1. The van der Waals surface area contributed by atoms with Crippen LogP contribution in [0.5, 0.6) is 0 Å². The average Bonchev–Trinajstić information content (AvgIpc) is 2.01. The van der Waals surface area contributed by atoms with E-state index >= 15 is 0 Å². The van der Waals surface area contributed by atoms with Crippen molar-refractivity contribution in [1.29, 1.82) is 0 Å². The van der Waals surface area contributed by atoms with Gasteiger partial charge in [-0.25, -0.2) is 4.39 Å². The lowest BCUT2D eigenvalue weighted by atomic mass is 10.2. The lowest BCUT2D eigenvalue weighted by Crippen LogP contribution is -2.20. The second-order valence-electron chi connectivity index (χ2n) is 3.27. The zero-order chi connectivity index (χ0) is 10.6. The maximum atomic E-state index is 12.9. The number of hydrogen-bond donors (Lipinski definition) is 2. The Hall–Kier alpha value is -1.29. The summed E-state index contributed by atoms with van der Waals surface area (Å²) in [5.41, 5.74) is 6.59. The molecular formula is C10H15FN2O. The Morgan fingerprint density at radius 3 is 2.79 bits per heavy atom. The fraction of sp³-hybridized carbons (Fsp3) is 0.400. The third-order valence-corrected chi connectivity index (χ3v) is 1.75. The van der Waals surface area contributed by atoms with E-state index in [0.29, 0.717) is 18.0 Å². The van der Waals surface area contributed by atoms with E-state index in [1.54, 1.807) is 13.2 Å². The molecule has 1 aromatic carbocycles. The van der Waals surface area contributed by atoms with Crippen molar-refractivity contribution in [2.75, 3.05) is 24.8 Å². The summed E-state index contributed by atoms with van der Waals surface area (Å²) in [7, 11) is 1.62. The van der Waals surface area contributed by atoms with Crippen molar-refractivity contribution in [3.05, 3.63) is 24.0 Å². The van der Waals surface area contributed by atoms with Crippen molar-refractivity contribution in [3.63, 3.8) is 0 Å². The van der Waals surface area contributed by atoms with Gasteiger partial charge in [-0.05, 0) is 25.1 Å². The minimum absolute atomic E-state index is 0.126. The van der Waals surface area contributed by atoms with E-state index in [9.17, 15) is 4.39 Å². The molecule has 0 aliphatic carbocycles. The molecule has 0 radical (unpaired) electrons. The molecule has 0 aliphatic rings. The van der Waals surface area contributed by atoms with E-state index in [4.69, 9.17) is 10.5 Å². The molecule has 1 rings (SSSR count). The van der Waals surface area contributed by atoms with Gasteiger partial charge >= 0.3 is 0 Å². The number of hydrogen-bond acceptors (Lipinski definition) is 3. The van der Waals surface area contributed by atoms with Gasteiger partial charge in [0.15, 0.2) is 0 Å². The Labute approximate surface area is 83.1 Å². The minimum atomic E-state index is -0.336. The van der Waals surface area contributed by atoms with Gasteiger partial charge in [0.1, 0.15) is 5.82 Å². The maximum Gasteiger partial charge on any atom is 0.127 e. The van der Waals surface area contributed by atoms with Crippen molar-refractivity contribution < 1.29 is 9.13 Å². The summed E-state index contributed by atoms with van der Waals surface area (Å²) >= 11 is 0. The van der Waals surface area contributed by atoms with Crippen LogP contribution >= 0.6 is 0 Å². The van der Waals surface area contributed by atoms with Crippen LogP contribution in [0, 0.1) is 5.82 Å². The SMILES string of the molecule is COCC(C)Nc1cc(N)cc(F)c1. The highest BCUT2D eigenvalue weighted by atomic mass is 19.1. The molecular weight excluding hydrogens is 183 g/mol. The van der Waals surface area contributed by atoms with Gasteiger partial charge in [0, 0.05) is 24.5 Å². The van der Waals surface area contributed by atoms with Gasteiger partial charge < -0.3 is 15.8 Å². The Morgan fingerprint density at radius 2 is 2.21 bits per heavy atom. The molecule has 14 heavy (non-hydrogen) atoms. The van der Waals surface area contributed by atoms with Crippen molar-refractivity contribution in [1.82, 2.24) is 0 Å². The van der Waals surface area contributed by atoms with Crippen LogP contribution in [0.15, 0.2) is 18.2 Å². The lowest BCUT2D eigenvalue weighted by Gasteiger charge is -2.14. The second kappa shape index (κ2) is 4.81. The van der Waals surface area contributed by atoms with Gasteiger partial charge in [0.25, 0.3) is 0 Å². The predicted molar refractivity (Wildman–Crippen MR) is 55.8 cm³/mol. The first-order chi connectivity index (χ1) is 6.61. The third-order valence-electron chi connectivity index (χ3n) is 1.75. The Kier molecular flexibility index (Phi) is 3.71. The number of benzene rings is 1. The lowest BCUT2D eigenvalue weighted by molar-refractivity contribution is 0.190. The number of nitrogens with two attached hydrogens (primary N) is 1. The van der Waals surface area contributed by atoms with Crippen LogP contribution in [0.1, 0.15) is 6.92 Å². The molecule has 0 amide bonds. The van der Waals surface area contributed by atoms with Gasteiger partial charge in [-0.3, -0.25) is 0 Å². The Morgan fingerprint density at radius 1 is 1.50 bits per heavy atom. The van der Waals surface area contributed by atoms with Crippen molar-refractivity contribution >= 4 is 11.4 Å². The standard InChI is InChI=1S/C10H15FN2O/c1-7(6-14-2)13-10-4-8(11)3-9(12)5-10/h3-5,7,13H,6,12H2,1-2H3. The van der Waals surface area contributed by atoms with Crippen LogP contribution in [-0.2, 0) is 4.74 Å². The van der Waals surface area contributed by atoms with E-state index in [2.05, 4.69) is 5.32 Å². The van der Waals surface area contributed by atoms with Crippen molar-refractivity contribution in [2.45, 2.75) is 13.0 Å². The number of halogens is 1. The summed E-state index contributed by atoms with van der Waals surface area (Å²) in [6, 6.07) is 4.51. The molecule has 4 heteroatoms. The fourth-order valence-corrected chi connectivity index (χ4v) is 1.27. The van der Waals surface area contributed by atoms with E-state index < -0.39 is 0 Å². The van der Waals surface area contributed by atoms with E-state index in [1.807, 2.05) is 6.92 Å². The average molecular weight is 198 g/mol.